The van der Waals surface area contributed by atoms with Gasteiger partial charge in [0.1, 0.15) is 0 Å². The van der Waals surface area contributed by atoms with E-state index in [-0.39, 0.29) is 5.69 Å². The van der Waals surface area contributed by atoms with E-state index in [4.69, 9.17) is 16.3 Å². The Morgan fingerprint density at radius 3 is 2.88 bits per heavy atom. The summed E-state index contributed by atoms with van der Waals surface area (Å²) in [6.07, 6.45) is 0.862. The van der Waals surface area contributed by atoms with Gasteiger partial charge in [0.15, 0.2) is 0 Å². The molecule has 94 valence electrons. The van der Waals surface area contributed by atoms with Gasteiger partial charge in [-0.25, -0.2) is 0 Å². The molecule has 6 heteroatoms. The number of nitro groups is 1. The zero-order valence-electron chi connectivity index (χ0n) is 9.61. The predicted octanol–water partition coefficient (Wildman–Crippen LogP) is 3.09. The average molecular weight is 259 g/mol. The first-order valence-electron chi connectivity index (χ1n) is 5.40. The van der Waals surface area contributed by atoms with Crippen molar-refractivity contribution in [3.05, 3.63) is 33.3 Å². The molecule has 0 amide bonds. The van der Waals surface area contributed by atoms with Crippen LogP contribution in [-0.4, -0.2) is 24.7 Å². The molecule has 0 fully saturated rings. The first kappa shape index (κ1) is 13.7. The maximum atomic E-state index is 10.5. The number of nitro benzene ring substituents is 1. The van der Waals surface area contributed by atoms with Crippen LogP contribution in [0.2, 0.25) is 5.02 Å². The normalized spacial score (nSPS) is 10.2. The number of nitrogens with one attached hydrogen (secondary N) is 1. The number of non-ortho nitro benzene ring substituents is 1. The summed E-state index contributed by atoms with van der Waals surface area (Å²) >= 11 is 5.92. The van der Waals surface area contributed by atoms with E-state index in [1.54, 1.807) is 6.07 Å². The standard InChI is InChI=1S/C11H15ClN2O3/c1-2-17-7-3-6-13-11-5-4-9(14(15)16)8-10(11)12/h4-5,8,13H,2-3,6-7H2,1H3. The largest absolute Gasteiger partial charge is 0.384 e. The molecule has 0 aliphatic rings. The zero-order valence-corrected chi connectivity index (χ0v) is 10.4. The van der Waals surface area contributed by atoms with Crippen molar-refractivity contribution in [3.8, 4) is 0 Å². The highest BCUT2D eigenvalue weighted by Gasteiger charge is 2.08. The van der Waals surface area contributed by atoms with Crippen LogP contribution in [0.4, 0.5) is 11.4 Å². The van der Waals surface area contributed by atoms with Crippen molar-refractivity contribution in [2.24, 2.45) is 0 Å². The molecule has 17 heavy (non-hydrogen) atoms. The number of hydrogen-bond donors (Lipinski definition) is 1. The minimum Gasteiger partial charge on any atom is -0.384 e. The molecular formula is C11H15ClN2O3. The maximum Gasteiger partial charge on any atom is 0.271 e. The highest BCUT2D eigenvalue weighted by atomic mass is 35.5. The zero-order chi connectivity index (χ0) is 12.7. The van der Waals surface area contributed by atoms with Crippen molar-refractivity contribution in [3.63, 3.8) is 0 Å². The van der Waals surface area contributed by atoms with Gasteiger partial charge in [-0.3, -0.25) is 10.1 Å². The Labute approximate surface area is 105 Å². The van der Waals surface area contributed by atoms with Crippen LogP contribution in [0.25, 0.3) is 0 Å². The van der Waals surface area contributed by atoms with Gasteiger partial charge >= 0.3 is 0 Å². The van der Waals surface area contributed by atoms with Crippen LogP contribution in [0.5, 0.6) is 0 Å². The summed E-state index contributed by atoms with van der Waals surface area (Å²) in [6.45, 7) is 4.06. The Bertz CT molecular complexity index is 385. The van der Waals surface area contributed by atoms with Crippen LogP contribution in [0.1, 0.15) is 13.3 Å². The fourth-order valence-corrected chi connectivity index (χ4v) is 1.54. The number of benzene rings is 1. The van der Waals surface area contributed by atoms with Crippen LogP contribution >= 0.6 is 11.6 Å². The van der Waals surface area contributed by atoms with E-state index in [1.807, 2.05) is 6.92 Å². The van der Waals surface area contributed by atoms with E-state index in [1.165, 1.54) is 12.1 Å². The third kappa shape index (κ3) is 4.58. The summed E-state index contributed by atoms with van der Waals surface area (Å²) in [5.74, 6) is 0. The number of hydrogen-bond acceptors (Lipinski definition) is 4. The number of rotatable bonds is 7. The molecular weight excluding hydrogens is 244 g/mol. The first-order chi connectivity index (χ1) is 8.15. The van der Waals surface area contributed by atoms with Gasteiger partial charge in [0, 0.05) is 31.9 Å². The van der Waals surface area contributed by atoms with Gasteiger partial charge in [0.25, 0.3) is 5.69 Å². The SMILES string of the molecule is CCOCCCNc1ccc([N+](=O)[O-])cc1Cl. The van der Waals surface area contributed by atoms with Crippen molar-refractivity contribution in [2.45, 2.75) is 13.3 Å². The maximum absolute atomic E-state index is 10.5. The van der Waals surface area contributed by atoms with E-state index in [0.717, 1.165) is 13.0 Å². The Balaban J connectivity index is 2.46. The molecule has 0 atom stereocenters. The van der Waals surface area contributed by atoms with Crippen LogP contribution in [0.15, 0.2) is 18.2 Å². The average Bonchev–Trinajstić information content (AvgIpc) is 2.30. The second kappa shape index (κ2) is 7.09. The van der Waals surface area contributed by atoms with Crippen molar-refractivity contribution in [2.75, 3.05) is 25.1 Å². The molecule has 0 radical (unpaired) electrons. The third-order valence-corrected chi connectivity index (χ3v) is 2.46. The lowest BCUT2D eigenvalue weighted by Crippen LogP contribution is -2.06. The van der Waals surface area contributed by atoms with Gasteiger partial charge in [0.2, 0.25) is 0 Å². The molecule has 0 saturated heterocycles. The molecule has 0 unspecified atom stereocenters. The quantitative estimate of drug-likeness (QED) is 0.464. The molecule has 0 aliphatic carbocycles. The second-order valence-electron chi connectivity index (χ2n) is 3.40. The molecule has 5 nitrogen and oxygen atoms in total. The molecule has 0 bridgehead atoms. The fraction of sp³-hybridized carbons (Fsp3) is 0.455. The Morgan fingerprint density at radius 1 is 1.53 bits per heavy atom. The Hall–Kier alpha value is -1.33. The topological polar surface area (TPSA) is 64.4 Å². The van der Waals surface area contributed by atoms with Crippen molar-refractivity contribution in [1.29, 1.82) is 0 Å². The molecule has 1 aromatic rings. The van der Waals surface area contributed by atoms with E-state index >= 15 is 0 Å². The predicted molar refractivity (Wildman–Crippen MR) is 67.7 cm³/mol. The summed E-state index contributed by atoms with van der Waals surface area (Å²) in [7, 11) is 0. The van der Waals surface area contributed by atoms with Crippen LogP contribution in [0, 0.1) is 10.1 Å². The number of ether oxygens (including phenoxy) is 1. The smallest absolute Gasteiger partial charge is 0.271 e. The number of nitrogens with zero attached hydrogens (tertiary/aromatic N) is 1. The summed E-state index contributed by atoms with van der Waals surface area (Å²) in [5, 5.41) is 14.0. The highest BCUT2D eigenvalue weighted by molar-refractivity contribution is 6.33. The van der Waals surface area contributed by atoms with Gasteiger partial charge in [-0.2, -0.15) is 0 Å². The molecule has 1 aromatic carbocycles. The van der Waals surface area contributed by atoms with Crippen LogP contribution in [-0.2, 0) is 4.74 Å². The molecule has 0 aromatic heterocycles. The minimum absolute atomic E-state index is 0.00475. The lowest BCUT2D eigenvalue weighted by Gasteiger charge is -2.08. The third-order valence-electron chi connectivity index (χ3n) is 2.15. The highest BCUT2D eigenvalue weighted by Crippen LogP contribution is 2.26. The molecule has 0 saturated carbocycles. The lowest BCUT2D eigenvalue weighted by molar-refractivity contribution is -0.384. The summed E-state index contributed by atoms with van der Waals surface area (Å²) < 4.78 is 5.19. The Kier molecular flexibility index (Phi) is 5.72. The summed E-state index contributed by atoms with van der Waals surface area (Å²) in [5.41, 5.74) is 0.698. The van der Waals surface area contributed by atoms with Crippen LogP contribution in [0.3, 0.4) is 0 Å². The van der Waals surface area contributed by atoms with E-state index < -0.39 is 4.92 Å². The molecule has 0 spiro atoms. The number of anilines is 1. The van der Waals surface area contributed by atoms with E-state index in [9.17, 15) is 10.1 Å². The van der Waals surface area contributed by atoms with Gasteiger partial charge in [-0.05, 0) is 19.4 Å². The molecule has 0 aliphatic heterocycles. The first-order valence-corrected chi connectivity index (χ1v) is 5.78. The second-order valence-corrected chi connectivity index (χ2v) is 3.81. The molecule has 0 heterocycles. The monoisotopic (exact) mass is 258 g/mol. The van der Waals surface area contributed by atoms with Gasteiger partial charge in [-0.1, -0.05) is 11.6 Å². The fourth-order valence-electron chi connectivity index (χ4n) is 1.30. The van der Waals surface area contributed by atoms with Gasteiger partial charge in [-0.15, -0.1) is 0 Å². The van der Waals surface area contributed by atoms with Crippen molar-refractivity contribution in [1.82, 2.24) is 0 Å². The summed E-state index contributed by atoms with van der Waals surface area (Å²) in [4.78, 5) is 10.0. The molecule has 1 rings (SSSR count). The van der Waals surface area contributed by atoms with E-state index in [2.05, 4.69) is 5.32 Å². The van der Waals surface area contributed by atoms with Crippen molar-refractivity contribution >= 4 is 23.0 Å². The van der Waals surface area contributed by atoms with Gasteiger partial charge < -0.3 is 10.1 Å². The minimum atomic E-state index is -0.468. The van der Waals surface area contributed by atoms with E-state index in [0.29, 0.717) is 23.9 Å². The van der Waals surface area contributed by atoms with Crippen molar-refractivity contribution < 1.29 is 9.66 Å². The lowest BCUT2D eigenvalue weighted by atomic mass is 10.2. The van der Waals surface area contributed by atoms with Crippen LogP contribution < -0.4 is 5.32 Å². The summed E-state index contributed by atoms with van der Waals surface area (Å²) in [6, 6.07) is 4.38. The Morgan fingerprint density at radius 2 is 2.29 bits per heavy atom. The molecule has 1 N–H and O–H groups in total. The van der Waals surface area contributed by atoms with Gasteiger partial charge in [0.05, 0.1) is 15.6 Å². The number of halogens is 1.